The number of carbonyl (C=O) groups is 2. The average molecular weight is 289 g/mol. The molecule has 2 aliphatic heterocycles. The van der Waals surface area contributed by atoms with E-state index in [-0.39, 0.29) is 23.7 Å². The van der Waals surface area contributed by atoms with E-state index >= 15 is 0 Å². The first kappa shape index (κ1) is 13.8. The van der Waals surface area contributed by atoms with Gasteiger partial charge < -0.3 is 5.73 Å². The van der Waals surface area contributed by atoms with Crippen molar-refractivity contribution in [1.29, 1.82) is 0 Å². The number of rotatable bonds is 2. The van der Waals surface area contributed by atoms with Crippen molar-refractivity contribution >= 4 is 17.5 Å². The number of halogens is 1. The minimum atomic E-state index is -0.364. The summed E-state index contributed by atoms with van der Waals surface area (Å²) in [6.45, 7) is 4.65. The molecule has 5 nitrogen and oxygen atoms in total. The topological polar surface area (TPSA) is 75.4 Å². The maximum Gasteiger partial charge on any atom is 0.243 e. The average Bonchev–Trinajstić information content (AvgIpc) is 2.80. The molecule has 1 aromatic carbocycles. The third-order valence-corrected chi connectivity index (χ3v) is 4.04. The molecule has 0 spiro atoms. The first-order valence-electron chi connectivity index (χ1n) is 6.79. The van der Waals surface area contributed by atoms with Crippen molar-refractivity contribution in [2.45, 2.75) is 32.0 Å². The number of nitrogens with one attached hydrogen (secondary N) is 1. The van der Waals surface area contributed by atoms with Crippen molar-refractivity contribution in [2.24, 2.45) is 5.73 Å². The number of carbonyl (C=O) groups excluding carboxylic acids is 2. The summed E-state index contributed by atoms with van der Waals surface area (Å²) in [4.78, 5) is 25.1. The van der Waals surface area contributed by atoms with Crippen LogP contribution in [-0.2, 0) is 22.7 Å². The molecular weight excluding hydrogens is 273 g/mol. The van der Waals surface area contributed by atoms with Gasteiger partial charge in [-0.15, -0.1) is 0 Å². The number of fused-ring (bicyclic) bond motifs is 1. The van der Waals surface area contributed by atoms with Gasteiger partial charge in [-0.2, -0.15) is 0 Å². The van der Waals surface area contributed by atoms with Crippen LogP contribution in [0.2, 0.25) is 0 Å². The summed E-state index contributed by atoms with van der Waals surface area (Å²) in [5.74, 6) is -0.886. The van der Waals surface area contributed by atoms with Crippen LogP contribution in [0.4, 0.5) is 4.39 Å². The highest BCUT2D eigenvalue weighted by Gasteiger charge is 2.35. The normalized spacial score (nSPS) is 22.0. The molecule has 110 valence electrons. The molecule has 0 saturated carbocycles. The van der Waals surface area contributed by atoms with Gasteiger partial charge in [-0.1, -0.05) is 6.58 Å². The van der Waals surface area contributed by atoms with E-state index in [0.29, 0.717) is 37.2 Å². The summed E-state index contributed by atoms with van der Waals surface area (Å²) in [6.07, 6.45) is 0.814. The third-order valence-electron chi connectivity index (χ3n) is 4.04. The number of hydrogen-bond donors (Lipinski definition) is 2. The quantitative estimate of drug-likeness (QED) is 0.792. The minimum absolute atomic E-state index is 0.241. The van der Waals surface area contributed by atoms with Gasteiger partial charge in [-0.3, -0.25) is 19.8 Å². The summed E-state index contributed by atoms with van der Waals surface area (Å²) in [6, 6.07) is 2.47. The number of nitrogens with zero attached hydrogens (tertiary/aromatic N) is 1. The van der Waals surface area contributed by atoms with Gasteiger partial charge in [0.2, 0.25) is 11.8 Å². The fraction of sp³-hybridized carbons (Fsp3) is 0.333. The molecule has 3 N–H and O–H groups in total. The van der Waals surface area contributed by atoms with E-state index in [0.717, 1.165) is 11.1 Å². The van der Waals surface area contributed by atoms with Crippen molar-refractivity contribution in [1.82, 2.24) is 10.2 Å². The number of hydrogen-bond acceptors (Lipinski definition) is 4. The molecule has 1 aromatic rings. The Labute approximate surface area is 121 Å². The van der Waals surface area contributed by atoms with Crippen LogP contribution in [0.25, 0.3) is 5.70 Å². The second-order valence-corrected chi connectivity index (χ2v) is 5.49. The maximum atomic E-state index is 13.6. The van der Waals surface area contributed by atoms with Crippen molar-refractivity contribution in [2.75, 3.05) is 0 Å². The predicted octanol–water partition coefficient (Wildman–Crippen LogP) is 0.876. The van der Waals surface area contributed by atoms with Crippen LogP contribution in [-0.4, -0.2) is 22.8 Å². The highest BCUT2D eigenvalue weighted by atomic mass is 19.1. The van der Waals surface area contributed by atoms with E-state index < -0.39 is 0 Å². The Morgan fingerprint density at radius 2 is 2.14 bits per heavy atom. The van der Waals surface area contributed by atoms with Crippen LogP contribution in [0, 0.1) is 5.82 Å². The van der Waals surface area contributed by atoms with Gasteiger partial charge in [0.1, 0.15) is 5.82 Å². The van der Waals surface area contributed by atoms with E-state index in [1.165, 1.54) is 12.1 Å². The lowest BCUT2D eigenvalue weighted by molar-refractivity contribution is -0.137. The molecule has 0 radical (unpaired) electrons. The molecule has 6 heteroatoms. The summed E-state index contributed by atoms with van der Waals surface area (Å²) >= 11 is 0. The van der Waals surface area contributed by atoms with Crippen molar-refractivity contribution < 1.29 is 14.0 Å². The second-order valence-electron chi connectivity index (χ2n) is 5.49. The van der Waals surface area contributed by atoms with E-state index in [9.17, 15) is 14.0 Å². The van der Waals surface area contributed by atoms with Crippen molar-refractivity contribution in [3.8, 4) is 0 Å². The summed E-state index contributed by atoms with van der Waals surface area (Å²) in [5, 5.41) is 2.35. The predicted molar refractivity (Wildman–Crippen MR) is 75.0 cm³/mol. The van der Waals surface area contributed by atoms with Gasteiger partial charge in [-0.25, -0.2) is 4.39 Å². The molecule has 2 aliphatic rings. The monoisotopic (exact) mass is 289 g/mol. The van der Waals surface area contributed by atoms with Gasteiger partial charge in [0.05, 0.1) is 6.04 Å². The zero-order valence-electron chi connectivity index (χ0n) is 11.5. The minimum Gasteiger partial charge on any atom is -0.399 e. The fourth-order valence-corrected chi connectivity index (χ4v) is 3.04. The van der Waals surface area contributed by atoms with Crippen LogP contribution in [0.1, 0.15) is 29.5 Å². The fourth-order valence-electron chi connectivity index (χ4n) is 3.04. The van der Waals surface area contributed by atoms with Crippen LogP contribution >= 0.6 is 0 Å². The lowest BCUT2D eigenvalue weighted by Gasteiger charge is -2.29. The van der Waals surface area contributed by atoms with Gasteiger partial charge in [-0.05, 0) is 29.7 Å². The molecule has 0 bridgehead atoms. The number of amides is 2. The Hall–Kier alpha value is -2.21. The summed E-state index contributed by atoms with van der Waals surface area (Å²) < 4.78 is 13.6. The molecule has 1 fully saturated rings. The van der Waals surface area contributed by atoms with E-state index in [1.54, 1.807) is 0 Å². The van der Waals surface area contributed by atoms with Crippen LogP contribution in [0.3, 0.4) is 0 Å². The highest BCUT2D eigenvalue weighted by Crippen LogP contribution is 2.32. The molecular formula is C15H16FN3O2. The van der Waals surface area contributed by atoms with Gasteiger partial charge in [0, 0.05) is 30.8 Å². The molecule has 1 unspecified atom stereocenters. The van der Waals surface area contributed by atoms with Crippen LogP contribution in [0.5, 0.6) is 0 Å². The van der Waals surface area contributed by atoms with Crippen LogP contribution < -0.4 is 11.1 Å². The lowest BCUT2D eigenvalue weighted by atomic mass is 10.0. The standard InChI is InChI=1S/C15H16FN3O2/c1-8(17)11-5-10(16)4-9-6-19(7-12(9)11)13-2-3-14(20)18-15(13)21/h4-5,13H,1-3,6-7,17H2,(H,18,20,21). The number of benzene rings is 1. The van der Waals surface area contributed by atoms with Crippen LogP contribution in [0.15, 0.2) is 18.7 Å². The molecule has 3 rings (SSSR count). The van der Waals surface area contributed by atoms with Crippen molar-refractivity contribution in [3.63, 3.8) is 0 Å². The van der Waals surface area contributed by atoms with Gasteiger partial charge in [0.15, 0.2) is 0 Å². The van der Waals surface area contributed by atoms with Gasteiger partial charge >= 0.3 is 0 Å². The number of piperidine rings is 1. The number of nitrogens with two attached hydrogens (primary N) is 1. The lowest BCUT2D eigenvalue weighted by Crippen LogP contribution is -2.50. The summed E-state index contributed by atoms with van der Waals surface area (Å²) in [5.41, 5.74) is 8.37. The summed E-state index contributed by atoms with van der Waals surface area (Å²) in [7, 11) is 0. The first-order valence-corrected chi connectivity index (χ1v) is 6.79. The Kier molecular flexibility index (Phi) is 3.25. The largest absolute Gasteiger partial charge is 0.399 e. The first-order chi connectivity index (χ1) is 9.95. The third kappa shape index (κ3) is 2.42. The molecule has 21 heavy (non-hydrogen) atoms. The Bertz CT molecular complexity index is 657. The van der Waals surface area contributed by atoms with Crippen molar-refractivity contribution in [3.05, 3.63) is 41.2 Å². The Morgan fingerprint density at radius 1 is 1.38 bits per heavy atom. The molecule has 2 amide bonds. The maximum absolute atomic E-state index is 13.6. The van der Waals surface area contributed by atoms with E-state index in [1.807, 2.05) is 4.90 Å². The smallest absolute Gasteiger partial charge is 0.243 e. The molecule has 0 aromatic heterocycles. The van der Waals surface area contributed by atoms with E-state index in [2.05, 4.69) is 11.9 Å². The number of imide groups is 1. The zero-order valence-corrected chi connectivity index (χ0v) is 11.5. The molecule has 0 aliphatic carbocycles. The highest BCUT2D eigenvalue weighted by molar-refractivity contribution is 6.00. The molecule has 1 atom stereocenters. The molecule has 2 heterocycles. The Balaban J connectivity index is 1.88. The second kappa shape index (κ2) is 4.96. The van der Waals surface area contributed by atoms with Gasteiger partial charge in [0.25, 0.3) is 0 Å². The zero-order chi connectivity index (χ0) is 15.1. The SMILES string of the molecule is C=C(N)c1cc(F)cc2c1CN(C1CCC(=O)NC1=O)C2. The Morgan fingerprint density at radius 3 is 2.81 bits per heavy atom. The van der Waals surface area contributed by atoms with E-state index in [4.69, 9.17) is 5.73 Å². The molecule has 1 saturated heterocycles.